The number of rotatable bonds is 5. The fraction of sp³-hybridized carbons (Fsp3) is 0.818. The molecule has 0 bridgehead atoms. The van der Waals surface area contributed by atoms with E-state index >= 15 is 0 Å². The smallest absolute Gasteiger partial charge is 0.315 e. The van der Waals surface area contributed by atoms with Gasteiger partial charge in [-0.05, 0) is 19.3 Å². The Morgan fingerprint density at radius 2 is 2.21 bits per heavy atom. The van der Waals surface area contributed by atoms with Gasteiger partial charge in [0.1, 0.15) is 0 Å². The molecule has 0 saturated carbocycles. The van der Waals surface area contributed by atoms with Crippen LogP contribution in [0, 0.1) is 6.92 Å². The lowest BCUT2D eigenvalue weighted by atomic mass is 10.0. The minimum Gasteiger partial charge on any atom is -0.408 e. The maximum absolute atomic E-state index is 11.7. The van der Waals surface area contributed by atoms with Gasteiger partial charge in [-0.2, -0.15) is 4.31 Å². The van der Waals surface area contributed by atoms with E-state index in [-0.39, 0.29) is 6.04 Å². The fourth-order valence-corrected chi connectivity index (χ4v) is 3.63. The number of nitrogens with zero attached hydrogens (tertiary/aromatic N) is 3. The Bertz CT molecular complexity index is 514. The molecule has 1 fully saturated rings. The van der Waals surface area contributed by atoms with Crippen LogP contribution in [0.2, 0.25) is 0 Å². The number of hydrogen-bond donors (Lipinski definition) is 1. The molecule has 0 spiro atoms. The van der Waals surface area contributed by atoms with E-state index in [4.69, 9.17) is 4.42 Å². The van der Waals surface area contributed by atoms with Crippen molar-refractivity contribution in [3.63, 3.8) is 0 Å². The summed E-state index contributed by atoms with van der Waals surface area (Å²) in [5, 5.41) is 10.6. The molecule has 7 nitrogen and oxygen atoms in total. The first-order valence-electron chi connectivity index (χ1n) is 6.47. The molecule has 108 valence electrons. The fourth-order valence-electron chi connectivity index (χ4n) is 2.41. The molecule has 1 aromatic rings. The molecule has 1 N–H and O–H groups in total. The Morgan fingerprint density at radius 3 is 2.84 bits per heavy atom. The summed E-state index contributed by atoms with van der Waals surface area (Å²) in [5.74, 6) is 0.512. The Labute approximate surface area is 113 Å². The van der Waals surface area contributed by atoms with Crippen LogP contribution in [0.4, 0.5) is 6.01 Å². The number of piperidine rings is 1. The zero-order valence-corrected chi connectivity index (χ0v) is 12.1. The van der Waals surface area contributed by atoms with Crippen LogP contribution in [0.15, 0.2) is 4.42 Å². The molecule has 8 heteroatoms. The van der Waals surface area contributed by atoms with Crippen molar-refractivity contribution in [2.75, 3.05) is 24.7 Å². The van der Waals surface area contributed by atoms with Gasteiger partial charge in [0.25, 0.3) is 0 Å². The van der Waals surface area contributed by atoms with Crippen LogP contribution in [0.25, 0.3) is 0 Å². The summed E-state index contributed by atoms with van der Waals surface area (Å²) in [6.07, 6.45) is 4.96. The summed E-state index contributed by atoms with van der Waals surface area (Å²) < 4.78 is 30.2. The van der Waals surface area contributed by atoms with E-state index in [1.165, 1.54) is 6.26 Å². The van der Waals surface area contributed by atoms with Crippen molar-refractivity contribution in [1.29, 1.82) is 0 Å². The van der Waals surface area contributed by atoms with Crippen molar-refractivity contribution < 1.29 is 12.8 Å². The van der Waals surface area contributed by atoms with E-state index in [0.29, 0.717) is 25.0 Å². The summed E-state index contributed by atoms with van der Waals surface area (Å²) in [6, 6.07) is 0.458. The number of sulfonamides is 1. The first kappa shape index (κ1) is 14.3. The van der Waals surface area contributed by atoms with E-state index in [9.17, 15) is 8.42 Å². The maximum Gasteiger partial charge on any atom is 0.315 e. The lowest BCUT2D eigenvalue weighted by Gasteiger charge is -2.33. The summed E-state index contributed by atoms with van der Waals surface area (Å²) in [4.78, 5) is 0. The van der Waals surface area contributed by atoms with E-state index in [2.05, 4.69) is 15.5 Å². The molecule has 0 unspecified atom stereocenters. The maximum atomic E-state index is 11.7. The number of aromatic nitrogens is 2. The van der Waals surface area contributed by atoms with Crippen molar-refractivity contribution in [2.45, 2.75) is 38.6 Å². The van der Waals surface area contributed by atoms with Crippen molar-refractivity contribution in [1.82, 2.24) is 14.5 Å². The van der Waals surface area contributed by atoms with Gasteiger partial charge in [0, 0.05) is 26.1 Å². The van der Waals surface area contributed by atoms with Crippen LogP contribution in [0.1, 0.15) is 31.6 Å². The third-order valence-electron chi connectivity index (χ3n) is 3.28. The van der Waals surface area contributed by atoms with Gasteiger partial charge in [-0.1, -0.05) is 11.5 Å². The van der Waals surface area contributed by atoms with Gasteiger partial charge in [-0.3, -0.25) is 0 Å². The number of nitrogens with one attached hydrogen (secondary N) is 1. The molecule has 2 heterocycles. The first-order valence-corrected chi connectivity index (χ1v) is 8.32. The van der Waals surface area contributed by atoms with E-state index in [1.807, 2.05) is 0 Å². The van der Waals surface area contributed by atoms with E-state index in [0.717, 1.165) is 25.7 Å². The number of anilines is 1. The molecule has 0 amide bonds. The van der Waals surface area contributed by atoms with Crippen LogP contribution in [-0.4, -0.2) is 48.3 Å². The van der Waals surface area contributed by atoms with Crippen molar-refractivity contribution in [3.05, 3.63) is 5.89 Å². The Balaban J connectivity index is 1.86. The van der Waals surface area contributed by atoms with Gasteiger partial charge in [-0.25, -0.2) is 8.42 Å². The zero-order valence-electron chi connectivity index (χ0n) is 11.3. The molecule has 0 aromatic carbocycles. The first-order chi connectivity index (χ1) is 8.97. The summed E-state index contributed by atoms with van der Waals surface area (Å²) in [7, 11) is -3.11. The Hall–Kier alpha value is -1.15. The third kappa shape index (κ3) is 3.90. The largest absolute Gasteiger partial charge is 0.408 e. The highest BCUT2D eigenvalue weighted by Gasteiger charge is 2.28. The van der Waals surface area contributed by atoms with Crippen LogP contribution in [-0.2, 0) is 10.0 Å². The molecule has 0 aliphatic carbocycles. The standard InChI is InChI=1S/C11H20N4O3S/c1-9-13-14-11(18-9)12-7-6-10-5-3-4-8-15(10)19(2,16)17/h10H,3-8H2,1-2H3,(H,12,14)/t10-/m0/s1. The zero-order chi connectivity index (χ0) is 13.9. The van der Waals surface area contributed by atoms with Crippen molar-refractivity contribution in [3.8, 4) is 0 Å². The monoisotopic (exact) mass is 288 g/mol. The minimum absolute atomic E-state index is 0.0697. The quantitative estimate of drug-likeness (QED) is 0.869. The van der Waals surface area contributed by atoms with Crippen LogP contribution in [0.3, 0.4) is 0 Å². The van der Waals surface area contributed by atoms with Gasteiger partial charge < -0.3 is 9.73 Å². The van der Waals surface area contributed by atoms with Gasteiger partial charge in [0.05, 0.1) is 6.26 Å². The second-order valence-corrected chi connectivity index (χ2v) is 6.80. The summed E-state index contributed by atoms with van der Waals surface area (Å²) in [5.41, 5.74) is 0. The number of aryl methyl sites for hydroxylation is 1. The average molecular weight is 288 g/mol. The molecule has 1 aromatic heterocycles. The molecule has 2 rings (SSSR count). The molecular formula is C11H20N4O3S. The SMILES string of the molecule is Cc1nnc(NCC[C@@H]2CCCCN2S(C)(=O)=O)o1. The van der Waals surface area contributed by atoms with Gasteiger partial charge >= 0.3 is 6.01 Å². The van der Waals surface area contributed by atoms with Crippen molar-refractivity contribution in [2.24, 2.45) is 0 Å². The Morgan fingerprint density at radius 1 is 1.42 bits per heavy atom. The second-order valence-electron chi connectivity index (χ2n) is 4.86. The lowest BCUT2D eigenvalue weighted by Crippen LogP contribution is -2.43. The molecule has 1 atom stereocenters. The highest BCUT2D eigenvalue weighted by atomic mass is 32.2. The summed E-state index contributed by atoms with van der Waals surface area (Å²) in [6.45, 7) is 2.98. The lowest BCUT2D eigenvalue weighted by molar-refractivity contribution is 0.246. The average Bonchev–Trinajstić information content (AvgIpc) is 2.74. The van der Waals surface area contributed by atoms with E-state index < -0.39 is 10.0 Å². The highest BCUT2D eigenvalue weighted by Crippen LogP contribution is 2.22. The predicted octanol–water partition coefficient (Wildman–Crippen LogP) is 0.994. The molecule has 19 heavy (non-hydrogen) atoms. The molecule has 0 radical (unpaired) electrons. The third-order valence-corrected chi connectivity index (χ3v) is 4.61. The van der Waals surface area contributed by atoms with E-state index in [1.54, 1.807) is 11.2 Å². The van der Waals surface area contributed by atoms with Crippen LogP contribution in [0.5, 0.6) is 0 Å². The molecule has 1 aliphatic rings. The molecule has 1 aliphatic heterocycles. The van der Waals surface area contributed by atoms with Crippen molar-refractivity contribution >= 4 is 16.0 Å². The highest BCUT2D eigenvalue weighted by molar-refractivity contribution is 7.88. The van der Waals surface area contributed by atoms with Gasteiger partial charge in [-0.15, -0.1) is 5.10 Å². The van der Waals surface area contributed by atoms with Gasteiger partial charge in [0.2, 0.25) is 15.9 Å². The Kier molecular flexibility index (Phi) is 4.41. The normalized spacial score (nSPS) is 21.5. The number of hydrogen-bond acceptors (Lipinski definition) is 6. The summed E-state index contributed by atoms with van der Waals surface area (Å²) >= 11 is 0. The van der Waals surface area contributed by atoms with Gasteiger partial charge in [0.15, 0.2) is 0 Å². The topological polar surface area (TPSA) is 88.3 Å². The van der Waals surface area contributed by atoms with Crippen LogP contribution < -0.4 is 5.32 Å². The second kappa shape index (κ2) is 5.87. The minimum atomic E-state index is -3.11. The molecule has 1 saturated heterocycles. The van der Waals surface area contributed by atoms with Crippen LogP contribution >= 0.6 is 0 Å². The molecular weight excluding hydrogens is 268 g/mol. The predicted molar refractivity (Wildman–Crippen MR) is 71.3 cm³/mol.